The van der Waals surface area contributed by atoms with E-state index < -0.39 is 34.8 Å². The van der Waals surface area contributed by atoms with Crippen LogP contribution in [0, 0.1) is 23.6 Å². The fourth-order valence-corrected chi connectivity index (χ4v) is 11.2. The molecule has 5 aliphatic rings. The van der Waals surface area contributed by atoms with Gasteiger partial charge in [-0.15, -0.1) is 0 Å². The number of likely N-dealkylation sites (tertiary alicyclic amines) is 1. The molecule has 10 rings (SSSR count). The number of anilines is 3. The van der Waals surface area contributed by atoms with Gasteiger partial charge in [0.25, 0.3) is 0 Å². The summed E-state index contributed by atoms with van der Waals surface area (Å²) >= 11 is 12.8. The van der Waals surface area contributed by atoms with Gasteiger partial charge in [-0.1, -0.05) is 84.6 Å². The van der Waals surface area contributed by atoms with Crippen LogP contribution in [-0.2, 0) is 26.3 Å². The minimum absolute atomic E-state index is 0.0686. The van der Waals surface area contributed by atoms with Crippen molar-refractivity contribution in [2.45, 2.75) is 80.8 Å². The number of carbonyl (C=O) groups is 4. The summed E-state index contributed by atoms with van der Waals surface area (Å²) in [5.74, 6) is 5.17. The van der Waals surface area contributed by atoms with Crippen molar-refractivity contribution in [2.75, 3.05) is 35.2 Å². The Kier molecular flexibility index (Phi) is 10.7. The number of hydrogen-bond acceptors (Lipinski definition) is 7. The summed E-state index contributed by atoms with van der Waals surface area (Å²) in [6, 6.07) is 20.3. The smallest absolute Gasteiger partial charge is 0.325 e. The van der Waals surface area contributed by atoms with Crippen molar-refractivity contribution in [3.63, 3.8) is 0 Å². The molecular formula is C48H45Cl2FN8O4. The average molecular weight is 888 g/mol. The van der Waals surface area contributed by atoms with Crippen LogP contribution in [0.3, 0.4) is 0 Å². The molecule has 4 aliphatic heterocycles. The molecule has 1 aliphatic carbocycles. The summed E-state index contributed by atoms with van der Waals surface area (Å²) < 4.78 is 18.1. The maximum Gasteiger partial charge on any atom is 0.329 e. The standard InChI is InChI=1S/C48H45Cl2FN8O4/c49-32-11-14-35-37(26-32)54-45(62)48(35)41(34-5-4-6-36(50)42(34)51)43(56-47(48)19-2-1-3-20-47)44(61)53-33-12-9-31(10-13-33)28-57-21-15-29(16-22-57)7-8-30-17-23-58-38(25-30)52-27-40(58)59-24-18-39(60)55-46(59)63/h4-6,9-14,17,23,25-27,29,41,43,56H,1-3,15-16,18-22,24,28H2,(H,53,61)(H,54,62)(H,55,60,63)/t41-,43+,48+/m0/s1. The molecule has 3 aromatic carbocycles. The minimum Gasteiger partial charge on any atom is -0.325 e. The molecule has 2 aromatic heterocycles. The third-order valence-corrected chi connectivity index (χ3v) is 14.3. The van der Waals surface area contributed by atoms with Crippen molar-refractivity contribution in [3.8, 4) is 11.8 Å². The molecule has 6 heterocycles. The first kappa shape index (κ1) is 41.2. The third-order valence-electron chi connectivity index (χ3n) is 13.8. The number of amides is 5. The van der Waals surface area contributed by atoms with E-state index in [9.17, 15) is 19.2 Å². The molecule has 0 unspecified atom stereocenters. The first-order chi connectivity index (χ1) is 30.5. The van der Waals surface area contributed by atoms with Gasteiger partial charge in [0, 0.05) is 65.0 Å². The highest BCUT2D eigenvalue weighted by molar-refractivity contribution is 6.31. The molecule has 0 bridgehead atoms. The van der Waals surface area contributed by atoms with E-state index in [4.69, 9.17) is 23.2 Å². The second kappa shape index (κ2) is 16.4. The number of benzene rings is 3. The highest BCUT2D eigenvalue weighted by atomic mass is 35.5. The van der Waals surface area contributed by atoms with Gasteiger partial charge in [0.15, 0.2) is 0 Å². The van der Waals surface area contributed by atoms with Crippen molar-refractivity contribution in [2.24, 2.45) is 5.92 Å². The van der Waals surface area contributed by atoms with Crippen LogP contribution in [0.5, 0.6) is 0 Å². The van der Waals surface area contributed by atoms with E-state index in [2.05, 4.69) is 43.0 Å². The molecule has 63 heavy (non-hydrogen) atoms. The number of imide groups is 1. The molecule has 3 saturated heterocycles. The summed E-state index contributed by atoms with van der Waals surface area (Å²) in [7, 11) is 0. The monoisotopic (exact) mass is 886 g/mol. The number of fused-ring (bicyclic) bond motifs is 4. The summed E-state index contributed by atoms with van der Waals surface area (Å²) in [5.41, 5.74) is 2.60. The number of hydrogen-bond donors (Lipinski definition) is 4. The third kappa shape index (κ3) is 7.23. The van der Waals surface area contributed by atoms with Gasteiger partial charge in [-0.2, -0.15) is 0 Å². The number of carbonyl (C=O) groups excluding carboxylic acids is 4. The summed E-state index contributed by atoms with van der Waals surface area (Å²) in [5, 5.41) is 12.6. The van der Waals surface area contributed by atoms with E-state index in [0.717, 1.165) is 62.9 Å². The van der Waals surface area contributed by atoms with E-state index in [-0.39, 0.29) is 40.6 Å². The fraction of sp³-hybridized carbons (Fsp3) is 0.354. The van der Waals surface area contributed by atoms with Crippen LogP contribution in [0.1, 0.15) is 79.5 Å². The molecular weight excluding hydrogens is 842 g/mol. The van der Waals surface area contributed by atoms with Crippen LogP contribution in [0.2, 0.25) is 10.0 Å². The maximum atomic E-state index is 16.3. The molecule has 322 valence electrons. The van der Waals surface area contributed by atoms with Gasteiger partial charge in [-0.3, -0.25) is 39.2 Å². The molecule has 4 N–H and O–H groups in total. The van der Waals surface area contributed by atoms with Gasteiger partial charge in [-0.05, 0) is 97.9 Å². The van der Waals surface area contributed by atoms with Gasteiger partial charge in [-0.25, -0.2) is 14.2 Å². The Labute approximate surface area is 373 Å². The van der Waals surface area contributed by atoms with Crippen molar-refractivity contribution in [1.29, 1.82) is 0 Å². The van der Waals surface area contributed by atoms with Gasteiger partial charge in [0.05, 0.1) is 17.3 Å². The van der Waals surface area contributed by atoms with E-state index >= 15 is 4.39 Å². The SMILES string of the molecule is O=C1CCN(c2cnc3cc(C#CC4CCN(Cc5ccc(NC(=O)[C@@H]6NC7(CCCCC7)[C@@]7(C(=O)Nc8cc(Cl)ccc87)[C@H]6c6cccc(Cl)c6F)cc5)CC4)ccn23)C(=O)N1. The molecule has 15 heteroatoms. The number of rotatable bonds is 6. The molecule has 3 atom stereocenters. The van der Waals surface area contributed by atoms with E-state index in [0.29, 0.717) is 52.8 Å². The molecule has 5 aromatic rings. The lowest BCUT2D eigenvalue weighted by molar-refractivity contribution is -0.124. The summed E-state index contributed by atoms with van der Waals surface area (Å²) in [6.07, 6.45) is 9.58. The predicted molar refractivity (Wildman–Crippen MR) is 239 cm³/mol. The minimum atomic E-state index is -1.30. The Morgan fingerprint density at radius 3 is 2.51 bits per heavy atom. The van der Waals surface area contributed by atoms with Crippen LogP contribution in [-0.4, -0.2) is 69.3 Å². The lowest BCUT2D eigenvalue weighted by Crippen LogP contribution is -2.60. The van der Waals surface area contributed by atoms with Gasteiger partial charge < -0.3 is 10.6 Å². The largest absolute Gasteiger partial charge is 0.329 e. The Hall–Kier alpha value is -5.78. The zero-order valence-electron chi connectivity index (χ0n) is 34.4. The average Bonchev–Trinajstić information content (AvgIpc) is 3.92. The Bertz CT molecular complexity index is 2740. The normalized spacial score (nSPS) is 23.4. The quantitative estimate of drug-likeness (QED) is 0.128. The van der Waals surface area contributed by atoms with Crippen molar-refractivity contribution >= 4 is 69.8 Å². The van der Waals surface area contributed by atoms with Crippen molar-refractivity contribution in [1.82, 2.24) is 24.9 Å². The molecule has 1 saturated carbocycles. The zero-order chi connectivity index (χ0) is 43.5. The predicted octanol–water partition coefficient (Wildman–Crippen LogP) is 7.78. The molecule has 12 nitrogen and oxygen atoms in total. The van der Waals surface area contributed by atoms with Crippen molar-refractivity contribution < 1.29 is 23.6 Å². The summed E-state index contributed by atoms with van der Waals surface area (Å²) in [6.45, 7) is 2.83. The van der Waals surface area contributed by atoms with E-state index in [1.165, 1.54) is 11.0 Å². The molecule has 2 spiro atoms. The number of pyridine rings is 1. The molecule has 5 amide bonds. The lowest BCUT2D eigenvalue weighted by Gasteiger charge is -2.47. The number of nitrogens with zero attached hydrogens (tertiary/aromatic N) is 4. The molecule has 0 radical (unpaired) electrons. The number of piperidine rings is 1. The second-order valence-corrected chi connectivity index (χ2v) is 18.2. The molecule has 4 fully saturated rings. The maximum absolute atomic E-state index is 16.3. The van der Waals surface area contributed by atoms with Gasteiger partial charge in [0.1, 0.15) is 22.7 Å². The first-order valence-electron chi connectivity index (χ1n) is 21.6. The highest BCUT2D eigenvalue weighted by Gasteiger charge is 2.72. The number of aromatic nitrogens is 2. The van der Waals surface area contributed by atoms with E-state index in [1.807, 2.05) is 53.1 Å². The lowest BCUT2D eigenvalue weighted by atomic mass is 9.55. The highest BCUT2D eigenvalue weighted by Crippen LogP contribution is 2.63. The number of imidazole rings is 1. The topological polar surface area (TPSA) is 140 Å². The van der Waals surface area contributed by atoms with E-state index in [1.54, 1.807) is 30.5 Å². The summed E-state index contributed by atoms with van der Waals surface area (Å²) in [4.78, 5) is 61.6. The van der Waals surface area contributed by atoms with Gasteiger partial charge in [0.2, 0.25) is 17.7 Å². The van der Waals surface area contributed by atoms with Crippen molar-refractivity contribution in [3.05, 3.63) is 123 Å². The first-order valence-corrected chi connectivity index (χ1v) is 22.3. The van der Waals surface area contributed by atoms with Crippen LogP contribution in [0.15, 0.2) is 85.2 Å². The van der Waals surface area contributed by atoms with Gasteiger partial charge >= 0.3 is 6.03 Å². The van der Waals surface area contributed by atoms with Crippen LogP contribution >= 0.6 is 23.2 Å². The van der Waals surface area contributed by atoms with Crippen LogP contribution < -0.4 is 26.2 Å². The number of nitrogens with one attached hydrogen (secondary N) is 4. The Balaban J connectivity index is 0.813. The van der Waals surface area contributed by atoms with Crippen LogP contribution in [0.4, 0.5) is 26.4 Å². The second-order valence-electron chi connectivity index (χ2n) is 17.4. The Morgan fingerprint density at radius 1 is 0.937 bits per heavy atom. The number of urea groups is 1. The van der Waals surface area contributed by atoms with Crippen LogP contribution in [0.25, 0.3) is 5.65 Å². The number of halogens is 3. The Morgan fingerprint density at radius 2 is 1.73 bits per heavy atom. The zero-order valence-corrected chi connectivity index (χ0v) is 35.9. The fourth-order valence-electron chi connectivity index (χ4n) is 10.8.